The molecule has 1 aromatic carbocycles. The summed E-state index contributed by atoms with van der Waals surface area (Å²) in [7, 11) is 0. The smallest absolute Gasteiger partial charge is 0.130 e. The first kappa shape index (κ1) is 13.1. The lowest BCUT2D eigenvalue weighted by Crippen LogP contribution is -2.09. The van der Waals surface area contributed by atoms with Gasteiger partial charge in [0.15, 0.2) is 0 Å². The molecule has 104 valence electrons. The highest BCUT2D eigenvalue weighted by Gasteiger charge is 2.20. The molecule has 0 amide bonds. The highest BCUT2D eigenvalue weighted by atomic mass is 14.9. The van der Waals surface area contributed by atoms with Gasteiger partial charge in [-0.25, -0.2) is 9.97 Å². The lowest BCUT2D eigenvalue weighted by atomic mass is 9.79. The van der Waals surface area contributed by atoms with E-state index in [0.29, 0.717) is 5.82 Å². The Labute approximate surface area is 120 Å². The van der Waals surface area contributed by atoms with Crippen molar-refractivity contribution in [3.8, 4) is 11.3 Å². The van der Waals surface area contributed by atoms with E-state index in [0.717, 1.165) is 30.0 Å². The van der Waals surface area contributed by atoms with E-state index in [1.54, 1.807) is 6.33 Å². The topological polar surface area (TPSA) is 51.8 Å². The molecule has 3 heteroatoms. The Morgan fingerprint density at radius 3 is 2.80 bits per heavy atom. The van der Waals surface area contributed by atoms with E-state index in [1.165, 1.54) is 30.4 Å². The molecule has 0 atom stereocenters. The largest absolute Gasteiger partial charge is 0.383 e. The zero-order chi connectivity index (χ0) is 13.9. The number of hydrogen-bond acceptors (Lipinski definition) is 3. The second-order valence-electron chi connectivity index (χ2n) is 5.59. The van der Waals surface area contributed by atoms with E-state index in [9.17, 15) is 0 Å². The van der Waals surface area contributed by atoms with Crippen LogP contribution in [-0.4, -0.2) is 9.97 Å². The minimum Gasteiger partial charge on any atom is -0.383 e. The summed E-state index contributed by atoms with van der Waals surface area (Å²) in [4.78, 5) is 8.62. The predicted molar refractivity (Wildman–Crippen MR) is 82.5 cm³/mol. The van der Waals surface area contributed by atoms with Crippen molar-refractivity contribution in [1.29, 1.82) is 0 Å². The molecule has 2 N–H and O–H groups in total. The van der Waals surface area contributed by atoms with Gasteiger partial charge in [-0.2, -0.15) is 0 Å². The van der Waals surface area contributed by atoms with Gasteiger partial charge in [0.25, 0.3) is 0 Å². The molecular formula is C17H21N3. The van der Waals surface area contributed by atoms with E-state index in [-0.39, 0.29) is 0 Å². The summed E-state index contributed by atoms with van der Waals surface area (Å²) >= 11 is 0. The molecule has 3 nitrogen and oxygen atoms in total. The van der Waals surface area contributed by atoms with Gasteiger partial charge in [-0.1, -0.05) is 38.0 Å². The second-order valence-corrected chi connectivity index (χ2v) is 5.59. The van der Waals surface area contributed by atoms with Crippen LogP contribution in [0.25, 0.3) is 11.3 Å². The first-order chi connectivity index (χ1) is 9.79. The molecule has 0 saturated heterocycles. The summed E-state index contributed by atoms with van der Waals surface area (Å²) in [5.41, 5.74) is 10.7. The SMILES string of the molecule is CCCc1c(N)ncnc1-c1cccc(C2CCC2)c1. The standard InChI is InChI=1S/C17H21N3/c1-2-5-15-16(19-11-20-17(15)18)14-9-4-8-13(10-14)12-6-3-7-12/h4,8-12H,2-3,5-7H2,1H3,(H2,18,19,20). The number of anilines is 1. The first-order valence-electron chi connectivity index (χ1n) is 7.49. The zero-order valence-electron chi connectivity index (χ0n) is 12.0. The number of hydrogen-bond donors (Lipinski definition) is 1. The van der Waals surface area contributed by atoms with Crippen LogP contribution in [0, 0.1) is 0 Å². The highest BCUT2D eigenvalue weighted by Crippen LogP contribution is 2.38. The van der Waals surface area contributed by atoms with Crippen LogP contribution in [0.3, 0.4) is 0 Å². The van der Waals surface area contributed by atoms with Gasteiger partial charge in [0.2, 0.25) is 0 Å². The quantitative estimate of drug-likeness (QED) is 0.912. The van der Waals surface area contributed by atoms with Gasteiger partial charge in [-0.3, -0.25) is 0 Å². The van der Waals surface area contributed by atoms with Gasteiger partial charge in [-0.05, 0) is 36.8 Å². The van der Waals surface area contributed by atoms with Crippen molar-refractivity contribution in [2.75, 3.05) is 5.73 Å². The zero-order valence-corrected chi connectivity index (χ0v) is 12.0. The molecule has 0 aliphatic heterocycles. The second kappa shape index (κ2) is 5.61. The van der Waals surface area contributed by atoms with E-state index >= 15 is 0 Å². The summed E-state index contributed by atoms with van der Waals surface area (Å²) in [6.45, 7) is 2.15. The summed E-state index contributed by atoms with van der Waals surface area (Å²) in [6.07, 6.45) is 7.53. The number of nitrogen functional groups attached to an aromatic ring is 1. The fourth-order valence-electron chi connectivity index (χ4n) is 2.85. The van der Waals surface area contributed by atoms with Crippen LogP contribution in [0.2, 0.25) is 0 Å². The number of nitrogens with zero attached hydrogens (tertiary/aromatic N) is 2. The maximum Gasteiger partial charge on any atom is 0.130 e. The molecule has 2 aromatic rings. The van der Waals surface area contributed by atoms with E-state index < -0.39 is 0 Å². The average molecular weight is 267 g/mol. The Hall–Kier alpha value is -1.90. The van der Waals surface area contributed by atoms with Crippen LogP contribution in [0.4, 0.5) is 5.82 Å². The molecule has 1 aliphatic rings. The van der Waals surface area contributed by atoms with Gasteiger partial charge >= 0.3 is 0 Å². The molecule has 20 heavy (non-hydrogen) atoms. The fourth-order valence-corrected chi connectivity index (χ4v) is 2.85. The third kappa shape index (κ3) is 2.40. The Bertz CT molecular complexity index is 603. The number of nitrogens with two attached hydrogens (primary N) is 1. The van der Waals surface area contributed by atoms with Gasteiger partial charge < -0.3 is 5.73 Å². The summed E-state index contributed by atoms with van der Waals surface area (Å²) in [5.74, 6) is 1.36. The maximum atomic E-state index is 6.03. The molecule has 0 unspecified atom stereocenters. The fraction of sp³-hybridized carbons (Fsp3) is 0.412. The molecule has 3 rings (SSSR count). The van der Waals surface area contributed by atoms with Crippen molar-refractivity contribution in [3.05, 3.63) is 41.7 Å². The molecule has 1 heterocycles. The third-order valence-electron chi connectivity index (χ3n) is 4.22. The van der Waals surface area contributed by atoms with Gasteiger partial charge in [-0.15, -0.1) is 0 Å². The van der Waals surface area contributed by atoms with Crippen molar-refractivity contribution in [2.45, 2.75) is 44.9 Å². The minimum absolute atomic E-state index is 0.617. The average Bonchev–Trinajstić information content (AvgIpc) is 2.40. The van der Waals surface area contributed by atoms with Gasteiger partial charge in [0.1, 0.15) is 12.1 Å². The first-order valence-corrected chi connectivity index (χ1v) is 7.49. The van der Waals surface area contributed by atoms with Crippen molar-refractivity contribution in [1.82, 2.24) is 9.97 Å². The van der Waals surface area contributed by atoms with E-state index in [4.69, 9.17) is 5.73 Å². The lowest BCUT2D eigenvalue weighted by Gasteiger charge is -2.26. The molecule has 1 aromatic heterocycles. The van der Waals surface area contributed by atoms with Crippen molar-refractivity contribution >= 4 is 5.82 Å². The van der Waals surface area contributed by atoms with Crippen LogP contribution in [0.5, 0.6) is 0 Å². The number of aromatic nitrogens is 2. The monoisotopic (exact) mass is 267 g/mol. The molecule has 0 spiro atoms. The van der Waals surface area contributed by atoms with Crippen LogP contribution in [-0.2, 0) is 6.42 Å². The van der Waals surface area contributed by atoms with Crippen molar-refractivity contribution in [3.63, 3.8) is 0 Å². The van der Waals surface area contributed by atoms with Crippen LogP contribution < -0.4 is 5.73 Å². The maximum absolute atomic E-state index is 6.03. The van der Waals surface area contributed by atoms with Crippen molar-refractivity contribution in [2.24, 2.45) is 0 Å². The number of benzene rings is 1. The van der Waals surface area contributed by atoms with E-state index in [2.05, 4.69) is 41.2 Å². The van der Waals surface area contributed by atoms with E-state index in [1.807, 2.05) is 0 Å². The summed E-state index contributed by atoms with van der Waals surface area (Å²) in [6, 6.07) is 8.78. The van der Waals surface area contributed by atoms with Crippen molar-refractivity contribution < 1.29 is 0 Å². The predicted octanol–water partition coefficient (Wildman–Crippen LogP) is 3.95. The van der Waals surface area contributed by atoms with Gasteiger partial charge in [0, 0.05) is 11.1 Å². The molecule has 1 saturated carbocycles. The molecule has 1 aliphatic carbocycles. The normalized spacial score (nSPS) is 15.1. The Kier molecular flexibility index (Phi) is 3.68. The van der Waals surface area contributed by atoms with Crippen LogP contribution >= 0.6 is 0 Å². The molecular weight excluding hydrogens is 246 g/mol. The number of rotatable bonds is 4. The minimum atomic E-state index is 0.617. The summed E-state index contributed by atoms with van der Waals surface area (Å²) in [5, 5.41) is 0. The third-order valence-corrected chi connectivity index (χ3v) is 4.22. The molecule has 0 radical (unpaired) electrons. The Balaban J connectivity index is 2.01. The molecule has 1 fully saturated rings. The van der Waals surface area contributed by atoms with Gasteiger partial charge in [0.05, 0.1) is 5.69 Å². The van der Waals surface area contributed by atoms with Crippen LogP contribution in [0.1, 0.15) is 49.7 Å². The Morgan fingerprint density at radius 2 is 2.10 bits per heavy atom. The lowest BCUT2D eigenvalue weighted by molar-refractivity contribution is 0.420. The molecule has 0 bridgehead atoms. The Morgan fingerprint density at radius 1 is 1.25 bits per heavy atom. The summed E-state index contributed by atoms with van der Waals surface area (Å²) < 4.78 is 0. The van der Waals surface area contributed by atoms with Crippen LogP contribution in [0.15, 0.2) is 30.6 Å². The highest BCUT2D eigenvalue weighted by molar-refractivity contribution is 5.68.